The van der Waals surface area contributed by atoms with Crippen molar-refractivity contribution in [3.05, 3.63) is 18.3 Å². The van der Waals surface area contributed by atoms with Crippen molar-refractivity contribution in [2.24, 2.45) is 0 Å². The monoisotopic (exact) mass is 297 g/mol. The lowest BCUT2D eigenvalue weighted by Gasteiger charge is -2.23. The van der Waals surface area contributed by atoms with Gasteiger partial charge in [-0.3, -0.25) is 4.72 Å². The fraction of sp³-hybridized carbons (Fsp3) is 0.615. The Kier molecular flexibility index (Phi) is 3.80. The number of rotatable bonds is 5. The van der Waals surface area contributed by atoms with E-state index in [-0.39, 0.29) is 11.4 Å². The topological polar surface area (TPSA) is 80.3 Å². The van der Waals surface area contributed by atoms with E-state index in [2.05, 4.69) is 15.0 Å². The van der Waals surface area contributed by atoms with E-state index in [1.807, 2.05) is 0 Å². The van der Waals surface area contributed by atoms with Gasteiger partial charge in [-0.15, -0.1) is 0 Å². The Morgan fingerprint density at radius 3 is 2.55 bits per heavy atom. The number of anilines is 1. The molecule has 0 unspecified atom stereocenters. The SMILES string of the molecule is O=S(=O)(Nc1ccc(OC2CCNCC2)nc1)C1CC1. The van der Waals surface area contributed by atoms with Gasteiger partial charge in [0.25, 0.3) is 0 Å². The van der Waals surface area contributed by atoms with E-state index in [1.165, 1.54) is 6.20 Å². The van der Waals surface area contributed by atoms with Crippen molar-refractivity contribution in [3.63, 3.8) is 0 Å². The van der Waals surface area contributed by atoms with Crippen LogP contribution in [0.15, 0.2) is 18.3 Å². The predicted octanol–water partition coefficient (Wildman–Crippen LogP) is 1.12. The van der Waals surface area contributed by atoms with Crippen LogP contribution in [0.2, 0.25) is 0 Å². The Labute approximate surface area is 119 Å². The molecule has 2 aliphatic rings. The van der Waals surface area contributed by atoms with Gasteiger partial charge in [-0.25, -0.2) is 13.4 Å². The van der Waals surface area contributed by atoms with Crippen LogP contribution < -0.4 is 14.8 Å². The van der Waals surface area contributed by atoms with Crippen molar-refractivity contribution >= 4 is 15.7 Å². The number of piperidine rings is 1. The third kappa shape index (κ3) is 3.40. The van der Waals surface area contributed by atoms with E-state index in [9.17, 15) is 8.42 Å². The van der Waals surface area contributed by atoms with Gasteiger partial charge in [-0.1, -0.05) is 0 Å². The second-order valence-electron chi connectivity index (χ2n) is 5.30. The normalized spacial score (nSPS) is 20.6. The maximum atomic E-state index is 11.8. The molecule has 0 spiro atoms. The smallest absolute Gasteiger partial charge is 0.235 e. The predicted molar refractivity (Wildman–Crippen MR) is 76.3 cm³/mol. The summed E-state index contributed by atoms with van der Waals surface area (Å²) >= 11 is 0. The quantitative estimate of drug-likeness (QED) is 0.851. The summed E-state index contributed by atoms with van der Waals surface area (Å²) in [5.41, 5.74) is 0.495. The highest BCUT2D eigenvalue weighted by Gasteiger charge is 2.35. The number of nitrogens with one attached hydrogen (secondary N) is 2. The molecule has 6 nitrogen and oxygen atoms in total. The van der Waals surface area contributed by atoms with Crippen LogP contribution in [0.1, 0.15) is 25.7 Å². The van der Waals surface area contributed by atoms with Crippen LogP contribution >= 0.6 is 0 Å². The number of aromatic nitrogens is 1. The molecular weight excluding hydrogens is 278 g/mol. The van der Waals surface area contributed by atoms with Crippen LogP contribution in [0.4, 0.5) is 5.69 Å². The van der Waals surface area contributed by atoms with E-state index < -0.39 is 10.0 Å². The van der Waals surface area contributed by atoms with Crippen molar-refractivity contribution in [1.82, 2.24) is 10.3 Å². The average Bonchev–Trinajstić information content (AvgIpc) is 3.27. The molecule has 110 valence electrons. The standard InChI is InChI=1S/C13H19N3O3S/c17-20(18,12-2-3-12)16-10-1-4-13(15-9-10)19-11-5-7-14-8-6-11/h1,4,9,11-12,14,16H,2-3,5-8H2. The highest BCUT2D eigenvalue weighted by Crippen LogP contribution is 2.29. The Hall–Kier alpha value is -1.34. The first-order valence-electron chi connectivity index (χ1n) is 6.98. The second-order valence-corrected chi connectivity index (χ2v) is 7.26. The third-order valence-electron chi connectivity index (χ3n) is 3.53. The fourth-order valence-electron chi connectivity index (χ4n) is 2.22. The molecule has 1 aliphatic heterocycles. The Morgan fingerprint density at radius 2 is 1.95 bits per heavy atom. The Balaban J connectivity index is 1.59. The second kappa shape index (κ2) is 5.57. The first-order chi connectivity index (χ1) is 9.63. The minimum atomic E-state index is -3.22. The molecule has 1 aromatic rings. The summed E-state index contributed by atoms with van der Waals surface area (Å²) in [6, 6.07) is 3.41. The maximum Gasteiger partial charge on any atom is 0.235 e. The van der Waals surface area contributed by atoms with E-state index in [4.69, 9.17) is 4.74 Å². The summed E-state index contributed by atoms with van der Waals surface area (Å²) in [6.45, 7) is 1.92. The van der Waals surface area contributed by atoms with Gasteiger partial charge in [0, 0.05) is 6.07 Å². The van der Waals surface area contributed by atoms with E-state index in [0.717, 1.165) is 38.8 Å². The van der Waals surface area contributed by atoms with Gasteiger partial charge in [-0.05, 0) is 44.8 Å². The summed E-state index contributed by atoms with van der Waals surface area (Å²) < 4.78 is 31.9. The van der Waals surface area contributed by atoms with Crippen LogP contribution in [0.5, 0.6) is 5.88 Å². The number of sulfonamides is 1. The molecule has 2 fully saturated rings. The molecule has 2 heterocycles. The lowest BCUT2D eigenvalue weighted by molar-refractivity contribution is 0.156. The zero-order valence-corrected chi connectivity index (χ0v) is 12.0. The van der Waals surface area contributed by atoms with Gasteiger partial charge < -0.3 is 10.1 Å². The number of pyridine rings is 1. The number of hydrogen-bond donors (Lipinski definition) is 2. The fourth-order valence-corrected chi connectivity index (χ4v) is 3.59. The zero-order valence-electron chi connectivity index (χ0n) is 11.2. The highest BCUT2D eigenvalue weighted by atomic mass is 32.2. The van der Waals surface area contributed by atoms with Gasteiger partial charge in [0.05, 0.1) is 17.1 Å². The Morgan fingerprint density at radius 1 is 1.20 bits per heavy atom. The van der Waals surface area contributed by atoms with Crippen LogP contribution in [-0.4, -0.2) is 37.8 Å². The zero-order chi connectivity index (χ0) is 14.0. The van der Waals surface area contributed by atoms with Crippen molar-refractivity contribution < 1.29 is 13.2 Å². The molecule has 1 saturated carbocycles. The lowest BCUT2D eigenvalue weighted by atomic mass is 10.1. The number of hydrogen-bond acceptors (Lipinski definition) is 5. The van der Waals surface area contributed by atoms with Gasteiger partial charge >= 0.3 is 0 Å². The summed E-state index contributed by atoms with van der Waals surface area (Å²) in [7, 11) is -3.22. The molecule has 0 bridgehead atoms. The van der Waals surface area contributed by atoms with Gasteiger partial charge in [0.15, 0.2) is 0 Å². The van der Waals surface area contributed by atoms with Crippen LogP contribution in [0.3, 0.4) is 0 Å². The summed E-state index contributed by atoms with van der Waals surface area (Å²) in [5, 5.41) is 3.05. The molecule has 1 aliphatic carbocycles. The first kappa shape index (κ1) is 13.6. The van der Waals surface area contributed by atoms with E-state index >= 15 is 0 Å². The van der Waals surface area contributed by atoms with Crippen LogP contribution in [-0.2, 0) is 10.0 Å². The highest BCUT2D eigenvalue weighted by molar-refractivity contribution is 7.93. The molecular formula is C13H19N3O3S. The molecule has 2 N–H and O–H groups in total. The number of nitrogens with zero attached hydrogens (tertiary/aromatic N) is 1. The molecule has 0 radical (unpaired) electrons. The van der Waals surface area contributed by atoms with Crippen molar-refractivity contribution in [2.75, 3.05) is 17.8 Å². The molecule has 1 saturated heterocycles. The molecule has 0 amide bonds. The Bertz CT molecular complexity index is 549. The van der Waals surface area contributed by atoms with Gasteiger partial charge in [0.2, 0.25) is 15.9 Å². The summed E-state index contributed by atoms with van der Waals surface area (Å²) in [4.78, 5) is 4.17. The molecule has 7 heteroatoms. The minimum absolute atomic E-state index is 0.192. The maximum absolute atomic E-state index is 11.8. The molecule has 1 aromatic heterocycles. The number of ether oxygens (including phenoxy) is 1. The van der Waals surface area contributed by atoms with Crippen LogP contribution in [0, 0.1) is 0 Å². The molecule has 3 rings (SSSR count). The van der Waals surface area contributed by atoms with Gasteiger partial charge in [0.1, 0.15) is 6.10 Å². The summed E-state index contributed by atoms with van der Waals surface area (Å²) in [5.74, 6) is 0.547. The van der Waals surface area contributed by atoms with Crippen LogP contribution in [0.25, 0.3) is 0 Å². The largest absolute Gasteiger partial charge is 0.474 e. The molecule has 0 aromatic carbocycles. The summed E-state index contributed by atoms with van der Waals surface area (Å²) in [6.07, 6.45) is 5.14. The van der Waals surface area contributed by atoms with Crippen molar-refractivity contribution in [1.29, 1.82) is 0 Å². The van der Waals surface area contributed by atoms with Crippen molar-refractivity contribution in [3.8, 4) is 5.88 Å². The van der Waals surface area contributed by atoms with Gasteiger partial charge in [-0.2, -0.15) is 0 Å². The lowest BCUT2D eigenvalue weighted by Crippen LogP contribution is -2.34. The minimum Gasteiger partial charge on any atom is -0.474 e. The third-order valence-corrected chi connectivity index (χ3v) is 5.40. The molecule has 20 heavy (non-hydrogen) atoms. The first-order valence-corrected chi connectivity index (χ1v) is 8.53. The van der Waals surface area contributed by atoms with E-state index in [1.54, 1.807) is 12.1 Å². The average molecular weight is 297 g/mol. The molecule has 0 atom stereocenters. The van der Waals surface area contributed by atoms with Crippen molar-refractivity contribution in [2.45, 2.75) is 37.0 Å². The van der Waals surface area contributed by atoms with E-state index in [0.29, 0.717) is 11.6 Å².